The maximum atomic E-state index is 10.7. The van der Waals surface area contributed by atoms with Crippen LogP contribution in [-0.2, 0) is 6.61 Å². The number of non-ortho nitro benzene ring substituents is 1. The van der Waals surface area contributed by atoms with Gasteiger partial charge in [-0.3, -0.25) is 10.1 Å². The number of pyridine rings is 1. The van der Waals surface area contributed by atoms with Crippen LogP contribution in [0, 0.1) is 17.0 Å². The van der Waals surface area contributed by atoms with Gasteiger partial charge in [-0.1, -0.05) is 6.07 Å². The topological polar surface area (TPSA) is 77.3 Å². The quantitative estimate of drug-likeness (QED) is 0.669. The molecule has 0 saturated carbocycles. The van der Waals surface area contributed by atoms with Gasteiger partial charge in [0.2, 0.25) is 0 Å². The van der Waals surface area contributed by atoms with Gasteiger partial charge in [-0.2, -0.15) is 0 Å². The van der Waals surface area contributed by atoms with Crippen molar-refractivity contribution < 1.29 is 9.66 Å². The van der Waals surface area contributed by atoms with Crippen LogP contribution in [0.15, 0.2) is 36.5 Å². The molecule has 0 unspecified atom stereocenters. The van der Waals surface area contributed by atoms with Crippen molar-refractivity contribution in [1.29, 1.82) is 0 Å². The zero-order valence-electron chi connectivity index (χ0n) is 11.3. The lowest BCUT2D eigenvalue weighted by Crippen LogP contribution is -2.00. The predicted molar refractivity (Wildman–Crippen MR) is 75.9 cm³/mol. The Morgan fingerprint density at radius 2 is 2.15 bits per heavy atom. The van der Waals surface area contributed by atoms with E-state index in [1.807, 2.05) is 19.1 Å². The molecule has 2 rings (SSSR count). The van der Waals surface area contributed by atoms with E-state index >= 15 is 0 Å². The molecule has 0 spiro atoms. The van der Waals surface area contributed by atoms with Gasteiger partial charge < -0.3 is 10.1 Å². The fourth-order valence-electron chi connectivity index (χ4n) is 1.68. The average molecular weight is 273 g/mol. The molecule has 104 valence electrons. The number of aromatic nitrogens is 1. The Balaban J connectivity index is 2.09. The number of hydrogen-bond donors (Lipinski definition) is 1. The van der Waals surface area contributed by atoms with Crippen LogP contribution in [-0.4, -0.2) is 17.0 Å². The van der Waals surface area contributed by atoms with Gasteiger partial charge in [0.25, 0.3) is 5.69 Å². The number of nitro benzene ring substituents is 1. The maximum absolute atomic E-state index is 10.7. The molecule has 0 amide bonds. The van der Waals surface area contributed by atoms with Gasteiger partial charge in [0.05, 0.1) is 11.0 Å². The van der Waals surface area contributed by atoms with Crippen LogP contribution in [0.25, 0.3) is 0 Å². The minimum atomic E-state index is -0.435. The van der Waals surface area contributed by atoms with Crippen LogP contribution in [0.3, 0.4) is 0 Å². The van der Waals surface area contributed by atoms with Crippen molar-refractivity contribution in [3.8, 4) is 5.75 Å². The van der Waals surface area contributed by atoms with E-state index in [0.29, 0.717) is 12.4 Å². The molecule has 1 aromatic carbocycles. The van der Waals surface area contributed by atoms with Crippen LogP contribution < -0.4 is 10.1 Å². The monoisotopic (exact) mass is 273 g/mol. The number of aryl methyl sites for hydroxylation is 1. The highest BCUT2D eigenvalue weighted by atomic mass is 16.6. The molecular weight excluding hydrogens is 258 g/mol. The first-order chi connectivity index (χ1) is 9.60. The lowest BCUT2D eigenvalue weighted by molar-refractivity contribution is -0.385. The molecule has 0 radical (unpaired) electrons. The Morgan fingerprint density at radius 3 is 2.75 bits per heavy atom. The summed E-state index contributed by atoms with van der Waals surface area (Å²) in [6.07, 6.45) is 1.71. The Morgan fingerprint density at radius 1 is 1.35 bits per heavy atom. The molecule has 0 aliphatic heterocycles. The van der Waals surface area contributed by atoms with Gasteiger partial charge in [-0.25, -0.2) is 4.98 Å². The minimum Gasteiger partial charge on any atom is -0.488 e. The second-order valence-corrected chi connectivity index (χ2v) is 4.30. The van der Waals surface area contributed by atoms with Crippen molar-refractivity contribution >= 4 is 11.5 Å². The molecule has 20 heavy (non-hydrogen) atoms. The average Bonchev–Trinajstić information content (AvgIpc) is 2.46. The van der Waals surface area contributed by atoms with E-state index in [9.17, 15) is 10.1 Å². The lowest BCUT2D eigenvalue weighted by Gasteiger charge is -2.09. The van der Waals surface area contributed by atoms with Crippen molar-refractivity contribution in [2.24, 2.45) is 0 Å². The summed E-state index contributed by atoms with van der Waals surface area (Å²) in [5.74, 6) is 1.29. The number of nitrogens with one attached hydrogen (secondary N) is 1. The smallest absolute Gasteiger partial charge is 0.273 e. The van der Waals surface area contributed by atoms with Crippen molar-refractivity contribution in [1.82, 2.24) is 4.98 Å². The molecule has 1 aromatic heterocycles. The van der Waals surface area contributed by atoms with E-state index < -0.39 is 4.92 Å². The fraction of sp³-hybridized carbons (Fsp3) is 0.214. The minimum absolute atomic E-state index is 0.0225. The van der Waals surface area contributed by atoms with E-state index in [0.717, 1.165) is 16.9 Å². The highest BCUT2D eigenvalue weighted by molar-refractivity contribution is 5.43. The number of nitrogens with zero attached hydrogens (tertiary/aromatic N) is 2. The van der Waals surface area contributed by atoms with E-state index in [1.54, 1.807) is 19.3 Å². The first-order valence-corrected chi connectivity index (χ1v) is 6.10. The van der Waals surface area contributed by atoms with Crippen molar-refractivity contribution in [2.75, 3.05) is 12.4 Å². The lowest BCUT2D eigenvalue weighted by atomic mass is 10.2. The molecule has 1 heterocycles. The number of benzene rings is 1. The summed E-state index contributed by atoms with van der Waals surface area (Å²) in [5, 5.41) is 13.7. The molecule has 0 bridgehead atoms. The second kappa shape index (κ2) is 6.01. The zero-order valence-corrected chi connectivity index (χ0v) is 11.3. The second-order valence-electron chi connectivity index (χ2n) is 4.30. The molecule has 2 aromatic rings. The molecule has 0 aliphatic carbocycles. The van der Waals surface area contributed by atoms with Crippen molar-refractivity contribution in [3.05, 3.63) is 57.8 Å². The standard InChI is InChI=1S/C14H15N3O3/c1-10-3-5-12(17(18)19)7-13(10)20-9-11-4-6-14(15-2)16-8-11/h3-8H,9H2,1-2H3,(H,15,16). The molecule has 0 atom stereocenters. The highest BCUT2D eigenvalue weighted by Crippen LogP contribution is 2.24. The highest BCUT2D eigenvalue weighted by Gasteiger charge is 2.09. The Kier molecular flexibility index (Phi) is 4.14. The molecule has 0 saturated heterocycles. The summed E-state index contributed by atoms with van der Waals surface area (Å²) < 4.78 is 5.62. The zero-order chi connectivity index (χ0) is 14.5. The van der Waals surface area contributed by atoms with Crippen molar-refractivity contribution in [2.45, 2.75) is 13.5 Å². The molecule has 6 heteroatoms. The van der Waals surface area contributed by atoms with Gasteiger partial charge >= 0.3 is 0 Å². The van der Waals surface area contributed by atoms with Crippen molar-refractivity contribution in [3.63, 3.8) is 0 Å². The number of hydrogen-bond acceptors (Lipinski definition) is 5. The third kappa shape index (κ3) is 3.23. The number of ether oxygens (including phenoxy) is 1. The van der Waals surface area contributed by atoms with Gasteiger partial charge in [-0.05, 0) is 24.6 Å². The van der Waals surface area contributed by atoms with E-state index in [4.69, 9.17) is 4.74 Å². The summed E-state index contributed by atoms with van der Waals surface area (Å²) in [7, 11) is 1.80. The molecular formula is C14H15N3O3. The third-order valence-electron chi connectivity index (χ3n) is 2.86. The molecule has 0 aliphatic rings. The van der Waals surface area contributed by atoms with Gasteiger partial charge in [-0.15, -0.1) is 0 Å². The first kappa shape index (κ1) is 13.8. The largest absolute Gasteiger partial charge is 0.488 e. The van der Waals surface area contributed by atoms with Crippen LogP contribution in [0.1, 0.15) is 11.1 Å². The van der Waals surface area contributed by atoms with E-state index in [1.165, 1.54) is 12.1 Å². The maximum Gasteiger partial charge on any atom is 0.273 e. The van der Waals surface area contributed by atoms with Crippen LogP contribution in [0.4, 0.5) is 11.5 Å². The Bertz CT molecular complexity index is 612. The number of rotatable bonds is 5. The normalized spacial score (nSPS) is 10.1. The number of nitro groups is 1. The fourth-order valence-corrected chi connectivity index (χ4v) is 1.68. The summed E-state index contributed by atoms with van der Waals surface area (Å²) >= 11 is 0. The summed E-state index contributed by atoms with van der Waals surface area (Å²) in [4.78, 5) is 14.5. The Hall–Kier alpha value is -2.63. The summed E-state index contributed by atoms with van der Waals surface area (Å²) in [6.45, 7) is 2.17. The first-order valence-electron chi connectivity index (χ1n) is 6.10. The molecule has 6 nitrogen and oxygen atoms in total. The van der Waals surface area contributed by atoms with Crippen LogP contribution >= 0.6 is 0 Å². The van der Waals surface area contributed by atoms with Crippen LogP contribution in [0.5, 0.6) is 5.75 Å². The van der Waals surface area contributed by atoms with Gasteiger partial charge in [0, 0.05) is 24.9 Å². The summed E-state index contributed by atoms with van der Waals surface area (Å²) in [5.41, 5.74) is 1.78. The number of anilines is 1. The Labute approximate surface area is 116 Å². The van der Waals surface area contributed by atoms with Gasteiger partial charge in [0.15, 0.2) is 0 Å². The molecule has 1 N–H and O–H groups in total. The molecule has 0 fully saturated rings. The van der Waals surface area contributed by atoms with E-state index in [-0.39, 0.29) is 5.69 Å². The van der Waals surface area contributed by atoms with Gasteiger partial charge in [0.1, 0.15) is 18.2 Å². The van der Waals surface area contributed by atoms with Crippen LogP contribution in [0.2, 0.25) is 0 Å². The van der Waals surface area contributed by atoms with E-state index in [2.05, 4.69) is 10.3 Å². The SMILES string of the molecule is CNc1ccc(COc2cc([N+](=O)[O-])ccc2C)cn1. The third-order valence-corrected chi connectivity index (χ3v) is 2.86. The predicted octanol–water partition coefficient (Wildman–Crippen LogP) is 2.92. The summed E-state index contributed by atoms with van der Waals surface area (Å²) in [6, 6.07) is 8.32.